The average Bonchev–Trinajstić information content (AvgIpc) is 2.99. The van der Waals surface area contributed by atoms with Gasteiger partial charge >= 0.3 is 0 Å². The first-order chi connectivity index (χ1) is 19.8. The molecule has 2 atom stereocenters. The maximum absolute atomic E-state index is 13.4. The molecular weight excluding hydrogens is 520 g/mol. The van der Waals surface area contributed by atoms with Gasteiger partial charge in [-0.25, -0.2) is 0 Å². The van der Waals surface area contributed by atoms with Crippen molar-refractivity contribution in [2.45, 2.75) is 31.3 Å². The minimum Gasteiger partial charge on any atom is -0.343 e. The molecule has 0 aromatic heterocycles. The lowest BCUT2D eigenvalue weighted by Crippen LogP contribution is -2.52. The molecular formula is C31H38N6O4. The van der Waals surface area contributed by atoms with E-state index in [0.29, 0.717) is 36.3 Å². The minimum atomic E-state index is -1.17. The van der Waals surface area contributed by atoms with E-state index in [1.807, 2.05) is 36.4 Å². The molecule has 10 nitrogen and oxygen atoms in total. The van der Waals surface area contributed by atoms with Gasteiger partial charge in [-0.15, -0.1) is 0 Å². The first kappa shape index (κ1) is 31.2. The lowest BCUT2D eigenvalue weighted by Gasteiger charge is -2.24. The molecule has 0 aliphatic rings. The van der Waals surface area contributed by atoms with Crippen LogP contribution in [-0.2, 0) is 20.8 Å². The van der Waals surface area contributed by atoms with Gasteiger partial charge in [-0.05, 0) is 30.5 Å². The Hall–Kier alpha value is -4.38. The molecule has 3 aromatic rings. The van der Waals surface area contributed by atoms with Crippen molar-refractivity contribution in [1.29, 1.82) is 0 Å². The third-order valence-electron chi connectivity index (χ3n) is 6.51. The van der Waals surface area contributed by atoms with Gasteiger partial charge in [-0.2, -0.15) is 0 Å². The fraction of sp³-hybridized carbons (Fsp3) is 0.290. The predicted octanol–water partition coefficient (Wildman–Crippen LogP) is 1.44. The highest BCUT2D eigenvalue weighted by Gasteiger charge is 2.26. The molecule has 8 N–H and O–H groups in total. The largest absolute Gasteiger partial charge is 0.343 e. The number of carbonyl (C=O) groups is 4. The second-order valence-electron chi connectivity index (χ2n) is 9.62. The van der Waals surface area contributed by atoms with Crippen LogP contribution in [0.5, 0.6) is 0 Å². The zero-order valence-corrected chi connectivity index (χ0v) is 23.0. The summed E-state index contributed by atoms with van der Waals surface area (Å²) in [5.74, 6) is -1.61. The maximum Gasteiger partial charge on any atom is 0.246 e. The summed E-state index contributed by atoms with van der Waals surface area (Å²) in [4.78, 5) is 53.4. The molecule has 0 aliphatic heterocycles. The van der Waals surface area contributed by atoms with Crippen LogP contribution < -0.4 is 27.8 Å². The van der Waals surface area contributed by atoms with Crippen LogP contribution in [0.15, 0.2) is 84.9 Å². The Labute approximate surface area is 240 Å². The second-order valence-corrected chi connectivity index (χ2v) is 9.62. The standard InChI is InChI=1S/C31H38N6O4/c32-16-18-37(19-17-33)28(38)21-26(34)30(40)36-27(15-14-22-8-3-1-4-9-22)31(41)35-25-13-7-12-24(20-25)29(39)23-10-5-2-6-11-23/h1-13,20,26-27H,14-19,21,32-34H2,(H,35,41)(H,36,40). The summed E-state index contributed by atoms with van der Waals surface area (Å²) in [6.07, 6.45) is 0.556. The summed E-state index contributed by atoms with van der Waals surface area (Å²) < 4.78 is 0. The van der Waals surface area contributed by atoms with Gasteiger partial charge in [0.2, 0.25) is 17.7 Å². The number of benzene rings is 3. The van der Waals surface area contributed by atoms with E-state index >= 15 is 0 Å². The highest BCUT2D eigenvalue weighted by atomic mass is 16.2. The first-order valence-electron chi connectivity index (χ1n) is 13.6. The van der Waals surface area contributed by atoms with Crippen LogP contribution in [0.1, 0.15) is 34.3 Å². The highest BCUT2D eigenvalue weighted by Crippen LogP contribution is 2.16. The monoisotopic (exact) mass is 558 g/mol. The number of rotatable bonds is 15. The third kappa shape index (κ3) is 9.64. The number of hydrogen-bond acceptors (Lipinski definition) is 7. The van der Waals surface area contributed by atoms with Crippen molar-refractivity contribution in [2.75, 3.05) is 31.5 Å². The molecule has 0 spiro atoms. The van der Waals surface area contributed by atoms with Crippen LogP contribution in [0.3, 0.4) is 0 Å². The summed E-state index contributed by atoms with van der Waals surface area (Å²) in [6.45, 7) is 1.12. The highest BCUT2D eigenvalue weighted by molar-refractivity contribution is 6.10. The van der Waals surface area contributed by atoms with E-state index in [9.17, 15) is 19.2 Å². The van der Waals surface area contributed by atoms with E-state index in [2.05, 4.69) is 10.6 Å². The minimum absolute atomic E-state index is 0.176. The van der Waals surface area contributed by atoms with Crippen molar-refractivity contribution in [3.63, 3.8) is 0 Å². The van der Waals surface area contributed by atoms with Gasteiger partial charge in [0.1, 0.15) is 6.04 Å². The van der Waals surface area contributed by atoms with Crippen LogP contribution in [-0.4, -0.2) is 66.7 Å². The summed E-state index contributed by atoms with van der Waals surface area (Å²) in [5.41, 5.74) is 19.6. The summed E-state index contributed by atoms with van der Waals surface area (Å²) in [6, 6.07) is 22.9. The maximum atomic E-state index is 13.4. The van der Waals surface area contributed by atoms with Crippen molar-refractivity contribution in [3.05, 3.63) is 102 Å². The van der Waals surface area contributed by atoms with Crippen LogP contribution in [0, 0.1) is 0 Å². The number of ketones is 1. The number of nitrogens with zero attached hydrogens (tertiary/aromatic N) is 1. The van der Waals surface area contributed by atoms with E-state index in [1.54, 1.807) is 48.5 Å². The zero-order chi connectivity index (χ0) is 29.6. The van der Waals surface area contributed by atoms with Crippen molar-refractivity contribution in [3.8, 4) is 0 Å². The number of hydrogen-bond donors (Lipinski definition) is 5. The molecule has 0 saturated heterocycles. The molecule has 3 aromatic carbocycles. The molecule has 216 valence electrons. The quantitative estimate of drug-likeness (QED) is 0.175. The molecule has 0 fully saturated rings. The number of nitrogens with one attached hydrogen (secondary N) is 2. The Morgan fingerprint density at radius 2 is 1.37 bits per heavy atom. The summed E-state index contributed by atoms with van der Waals surface area (Å²) in [7, 11) is 0. The van der Waals surface area contributed by atoms with Gasteiger partial charge in [-0.3, -0.25) is 19.2 Å². The van der Waals surface area contributed by atoms with Crippen LogP contribution >= 0.6 is 0 Å². The molecule has 0 saturated carbocycles. The fourth-order valence-corrected chi connectivity index (χ4v) is 4.31. The molecule has 2 unspecified atom stereocenters. The second kappa shape index (κ2) is 16.0. The molecule has 0 aliphatic carbocycles. The number of nitrogens with two attached hydrogens (primary N) is 3. The van der Waals surface area contributed by atoms with E-state index < -0.39 is 23.9 Å². The molecule has 0 radical (unpaired) electrons. The van der Waals surface area contributed by atoms with Gasteiger partial charge < -0.3 is 32.7 Å². The molecule has 3 rings (SSSR count). The SMILES string of the molecule is NCCN(CCN)C(=O)CC(N)C(=O)NC(CCc1ccccc1)C(=O)Nc1cccc(C(=O)c2ccccc2)c1. The number of amides is 3. The topological polar surface area (TPSA) is 174 Å². The molecule has 3 amide bonds. The van der Waals surface area contributed by atoms with E-state index in [-0.39, 0.29) is 37.6 Å². The number of carbonyl (C=O) groups excluding carboxylic acids is 4. The van der Waals surface area contributed by atoms with Crippen molar-refractivity contribution >= 4 is 29.2 Å². The molecule has 0 bridgehead atoms. The Balaban J connectivity index is 1.72. The van der Waals surface area contributed by atoms with Crippen molar-refractivity contribution < 1.29 is 19.2 Å². The smallest absolute Gasteiger partial charge is 0.246 e. The Morgan fingerprint density at radius 3 is 2.00 bits per heavy atom. The van der Waals surface area contributed by atoms with E-state index in [4.69, 9.17) is 17.2 Å². The Kier molecular flexibility index (Phi) is 12.2. The molecule has 41 heavy (non-hydrogen) atoms. The van der Waals surface area contributed by atoms with Crippen LogP contribution in [0.2, 0.25) is 0 Å². The van der Waals surface area contributed by atoms with Gasteiger partial charge in [0, 0.05) is 43.0 Å². The van der Waals surface area contributed by atoms with Crippen molar-refractivity contribution in [1.82, 2.24) is 10.2 Å². The first-order valence-corrected chi connectivity index (χ1v) is 13.6. The Bertz CT molecular complexity index is 1300. The third-order valence-corrected chi connectivity index (χ3v) is 6.51. The van der Waals surface area contributed by atoms with Gasteiger partial charge in [0.25, 0.3) is 0 Å². The number of anilines is 1. The van der Waals surface area contributed by atoms with Crippen LogP contribution in [0.25, 0.3) is 0 Å². The van der Waals surface area contributed by atoms with E-state index in [0.717, 1.165) is 5.56 Å². The van der Waals surface area contributed by atoms with Crippen molar-refractivity contribution in [2.24, 2.45) is 17.2 Å². The molecule has 10 heteroatoms. The summed E-state index contributed by atoms with van der Waals surface area (Å²) in [5, 5.41) is 5.53. The van der Waals surface area contributed by atoms with Gasteiger partial charge in [0.15, 0.2) is 5.78 Å². The van der Waals surface area contributed by atoms with E-state index in [1.165, 1.54) is 4.90 Å². The predicted molar refractivity (Wildman–Crippen MR) is 159 cm³/mol. The van der Waals surface area contributed by atoms with Gasteiger partial charge in [-0.1, -0.05) is 72.8 Å². The lowest BCUT2D eigenvalue weighted by molar-refractivity contribution is -0.134. The number of aryl methyl sites for hydroxylation is 1. The fourth-order valence-electron chi connectivity index (χ4n) is 4.31. The Morgan fingerprint density at radius 1 is 0.756 bits per heavy atom. The average molecular weight is 559 g/mol. The zero-order valence-electron chi connectivity index (χ0n) is 23.0. The molecule has 0 heterocycles. The van der Waals surface area contributed by atoms with Crippen LogP contribution in [0.4, 0.5) is 5.69 Å². The normalized spacial score (nSPS) is 12.2. The lowest BCUT2D eigenvalue weighted by atomic mass is 10.0. The van der Waals surface area contributed by atoms with Gasteiger partial charge in [0.05, 0.1) is 12.5 Å². The summed E-state index contributed by atoms with van der Waals surface area (Å²) >= 11 is 0.